The maximum absolute atomic E-state index is 12.2. The highest BCUT2D eigenvalue weighted by Crippen LogP contribution is 2.22. The Labute approximate surface area is 112 Å². The smallest absolute Gasteiger partial charge is 0.259 e. The number of nitrogen functional groups attached to an aromatic ring is 1. The van der Waals surface area contributed by atoms with Crippen molar-refractivity contribution in [3.05, 3.63) is 53.6 Å². The van der Waals surface area contributed by atoms with Gasteiger partial charge in [-0.1, -0.05) is 18.2 Å². The Balaban J connectivity index is 2.28. The van der Waals surface area contributed by atoms with Gasteiger partial charge in [-0.05, 0) is 36.8 Å². The number of para-hydroxylation sites is 1. The molecule has 0 aromatic heterocycles. The molecule has 0 bridgehead atoms. The molecule has 0 fully saturated rings. The van der Waals surface area contributed by atoms with E-state index in [9.17, 15) is 4.79 Å². The Morgan fingerprint density at radius 1 is 1.21 bits per heavy atom. The summed E-state index contributed by atoms with van der Waals surface area (Å²) < 4.78 is 5.17. The molecule has 0 aliphatic rings. The van der Waals surface area contributed by atoms with Gasteiger partial charge in [-0.25, -0.2) is 0 Å². The molecule has 1 amide bonds. The third-order valence-corrected chi connectivity index (χ3v) is 2.86. The molecular weight excluding hydrogens is 240 g/mol. The second-order valence-corrected chi connectivity index (χ2v) is 4.23. The second-order valence-electron chi connectivity index (χ2n) is 4.23. The second kappa shape index (κ2) is 5.44. The summed E-state index contributed by atoms with van der Waals surface area (Å²) in [4.78, 5) is 12.2. The van der Waals surface area contributed by atoms with Gasteiger partial charge in [0.25, 0.3) is 5.91 Å². The molecule has 2 aromatic rings. The molecule has 19 heavy (non-hydrogen) atoms. The number of ether oxygens (including phenoxy) is 1. The van der Waals surface area contributed by atoms with Crippen LogP contribution < -0.4 is 15.8 Å². The number of nitrogens with one attached hydrogen (secondary N) is 1. The van der Waals surface area contributed by atoms with Crippen LogP contribution in [0.15, 0.2) is 42.5 Å². The molecule has 4 heteroatoms. The summed E-state index contributed by atoms with van der Waals surface area (Å²) >= 11 is 0. The average Bonchev–Trinajstić information content (AvgIpc) is 2.42. The fraction of sp³-hybridized carbons (Fsp3) is 0.133. The zero-order valence-electron chi connectivity index (χ0n) is 10.9. The van der Waals surface area contributed by atoms with Crippen LogP contribution in [0.3, 0.4) is 0 Å². The van der Waals surface area contributed by atoms with E-state index in [1.54, 1.807) is 30.3 Å². The van der Waals surface area contributed by atoms with E-state index in [2.05, 4.69) is 5.32 Å². The average molecular weight is 256 g/mol. The quantitative estimate of drug-likeness (QED) is 0.830. The zero-order chi connectivity index (χ0) is 13.8. The lowest BCUT2D eigenvalue weighted by atomic mass is 10.1. The van der Waals surface area contributed by atoms with E-state index in [0.717, 1.165) is 5.56 Å². The fourth-order valence-corrected chi connectivity index (χ4v) is 1.80. The van der Waals surface area contributed by atoms with Crippen LogP contribution in [-0.2, 0) is 0 Å². The number of benzene rings is 2. The van der Waals surface area contributed by atoms with Crippen LogP contribution in [0.1, 0.15) is 15.9 Å². The molecule has 2 aromatic carbocycles. The lowest BCUT2D eigenvalue weighted by molar-refractivity contribution is 0.102. The summed E-state index contributed by atoms with van der Waals surface area (Å²) in [5.41, 5.74) is 8.49. The first-order valence-corrected chi connectivity index (χ1v) is 5.92. The Morgan fingerprint density at radius 2 is 1.95 bits per heavy atom. The first-order valence-electron chi connectivity index (χ1n) is 5.92. The van der Waals surface area contributed by atoms with Gasteiger partial charge in [-0.2, -0.15) is 0 Å². The van der Waals surface area contributed by atoms with Crippen molar-refractivity contribution in [1.82, 2.24) is 0 Å². The van der Waals surface area contributed by atoms with Gasteiger partial charge in [-0.3, -0.25) is 4.79 Å². The third-order valence-electron chi connectivity index (χ3n) is 2.86. The van der Waals surface area contributed by atoms with E-state index >= 15 is 0 Å². The zero-order valence-corrected chi connectivity index (χ0v) is 10.9. The number of carbonyl (C=O) groups is 1. The number of anilines is 2. The van der Waals surface area contributed by atoms with E-state index in [0.29, 0.717) is 22.7 Å². The van der Waals surface area contributed by atoms with Crippen molar-refractivity contribution in [2.45, 2.75) is 6.92 Å². The molecular formula is C15H16N2O2. The van der Waals surface area contributed by atoms with E-state index in [-0.39, 0.29) is 5.91 Å². The number of methoxy groups -OCH3 is 1. The summed E-state index contributed by atoms with van der Waals surface area (Å²) in [6.07, 6.45) is 0. The van der Waals surface area contributed by atoms with Crippen molar-refractivity contribution >= 4 is 17.3 Å². The van der Waals surface area contributed by atoms with Crippen LogP contribution in [0.25, 0.3) is 0 Å². The summed E-state index contributed by atoms with van der Waals surface area (Å²) in [5, 5.41) is 2.84. The summed E-state index contributed by atoms with van der Waals surface area (Å²) in [7, 11) is 1.54. The number of hydrogen-bond acceptors (Lipinski definition) is 3. The Bertz CT molecular complexity index is 609. The Morgan fingerprint density at radius 3 is 2.68 bits per heavy atom. The molecule has 98 valence electrons. The molecule has 4 nitrogen and oxygen atoms in total. The largest absolute Gasteiger partial charge is 0.496 e. The highest BCUT2D eigenvalue weighted by molar-refractivity contribution is 6.06. The molecule has 0 atom stereocenters. The monoisotopic (exact) mass is 256 g/mol. The van der Waals surface area contributed by atoms with Crippen molar-refractivity contribution in [2.75, 3.05) is 18.2 Å². The molecule has 0 spiro atoms. The van der Waals surface area contributed by atoms with Crippen LogP contribution in [0.2, 0.25) is 0 Å². The van der Waals surface area contributed by atoms with Crippen LogP contribution in [0.4, 0.5) is 11.4 Å². The lowest BCUT2D eigenvalue weighted by Crippen LogP contribution is -2.14. The highest BCUT2D eigenvalue weighted by atomic mass is 16.5. The predicted octanol–water partition coefficient (Wildman–Crippen LogP) is 2.84. The van der Waals surface area contributed by atoms with Crippen molar-refractivity contribution in [1.29, 1.82) is 0 Å². The van der Waals surface area contributed by atoms with Gasteiger partial charge < -0.3 is 15.8 Å². The minimum absolute atomic E-state index is 0.217. The standard InChI is InChI=1S/C15H16N2O2/c1-10-7-8-11(16)9-13(10)17-15(18)12-5-3-4-6-14(12)19-2/h3-9H,16H2,1-2H3,(H,17,18). The molecule has 0 aliphatic carbocycles. The summed E-state index contributed by atoms with van der Waals surface area (Å²) in [6, 6.07) is 12.5. The van der Waals surface area contributed by atoms with Gasteiger partial charge in [0.15, 0.2) is 0 Å². The molecule has 0 radical (unpaired) electrons. The first-order chi connectivity index (χ1) is 9.11. The number of hydrogen-bond donors (Lipinski definition) is 2. The minimum Gasteiger partial charge on any atom is -0.496 e. The molecule has 0 aliphatic heterocycles. The molecule has 0 saturated heterocycles. The molecule has 2 rings (SSSR count). The molecule has 3 N–H and O–H groups in total. The number of nitrogens with two attached hydrogens (primary N) is 1. The van der Waals surface area contributed by atoms with Gasteiger partial charge in [0.1, 0.15) is 5.75 Å². The van der Waals surface area contributed by atoms with E-state index in [1.807, 2.05) is 19.1 Å². The maximum Gasteiger partial charge on any atom is 0.259 e. The fourth-order valence-electron chi connectivity index (χ4n) is 1.80. The SMILES string of the molecule is COc1ccccc1C(=O)Nc1cc(N)ccc1C. The van der Waals surface area contributed by atoms with Gasteiger partial charge in [0, 0.05) is 11.4 Å². The van der Waals surface area contributed by atoms with Crippen molar-refractivity contribution < 1.29 is 9.53 Å². The number of aryl methyl sites for hydroxylation is 1. The van der Waals surface area contributed by atoms with E-state index in [1.165, 1.54) is 7.11 Å². The molecule has 0 heterocycles. The van der Waals surface area contributed by atoms with Crippen LogP contribution >= 0.6 is 0 Å². The van der Waals surface area contributed by atoms with Gasteiger partial charge in [0.05, 0.1) is 12.7 Å². The topological polar surface area (TPSA) is 64.3 Å². The number of carbonyl (C=O) groups excluding carboxylic acids is 1. The third kappa shape index (κ3) is 2.85. The maximum atomic E-state index is 12.2. The normalized spacial score (nSPS) is 10.0. The van der Waals surface area contributed by atoms with Gasteiger partial charge >= 0.3 is 0 Å². The molecule has 0 saturated carbocycles. The summed E-state index contributed by atoms with van der Waals surface area (Å²) in [5.74, 6) is 0.327. The van der Waals surface area contributed by atoms with Gasteiger partial charge in [0.2, 0.25) is 0 Å². The van der Waals surface area contributed by atoms with Crippen molar-refractivity contribution in [2.24, 2.45) is 0 Å². The molecule has 0 unspecified atom stereocenters. The lowest BCUT2D eigenvalue weighted by Gasteiger charge is -2.11. The van der Waals surface area contributed by atoms with E-state index < -0.39 is 0 Å². The van der Waals surface area contributed by atoms with Crippen LogP contribution in [0.5, 0.6) is 5.75 Å². The van der Waals surface area contributed by atoms with Crippen molar-refractivity contribution in [3.8, 4) is 5.75 Å². The Kier molecular flexibility index (Phi) is 3.71. The predicted molar refractivity (Wildman–Crippen MR) is 76.5 cm³/mol. The Hall–Kier alpha value is -2.49. The van der Waals surface area contributed by atoms with E-state index in [4.69, 9.17) is 10.5 Å². The summed E-state index contributed by atoms with van der Waals surface area (Å²) in [6.45, 7) is 1.91. The van der Waals surface area contributed by atoms with Crippen LogP contribution in [-0.4, -0.2) is 13.0 Å². The first kappa shape index (κ1) is 13.0. The number of rotatable bonds is 3. The minimum atomic E-state index is -0.217. The van der Waals surface area contributed by atoms with Gasteiger partial charge in [-0.15, -0.1) is 0 Å². The number of amides is 1. The van der Waals surface area contributed by atoms with Crippen molar-refractivity contribution in [3.63, 3.8) is 0 Å². The highest BCUT2D eigenvalue weighted by Gasteiger charge is 2.12. The van der Waals surface area contributed by atoms with Crippen LogP contribution in [0, 0.1) is 6.92 Å².